The van der Waals surface area contributed by atoms with Crippen LogP contribution in [0.1, 0.15) is 30.9 Å². The standard InChI is InChI=1S/C29H28ClFN2O4/c1-2-24(34)17-33-27(21-6-4-8-23(31)15-21)16-26(32-33)25-14-19(10-12-29(35)36)9-11-28(25)37-18-20-5-3-7-22(30)13-20/h3-9,11,13-16,24,34H,2,10,12,17-18H2,1H3,(H,35,36)/t24-/m0/s1. The zero-order valence-corrected chi connectivity index (χ0v) is 21.2. The van der Waals surface area contributed by atoms with E-state index in [1.807, 2.05) is 43.3 Å². The predicted octanol–water partition coefficient (Wildman–Crippen LogP) is 6.38. The van der Waals surface area contributed by atoms with Crippen LogP contribution in [-0.4, -0.2) is 32.1 Å². The Balaban J connectivity index is 1.76. The predicted molar refractivity (Wildman–Crippen MR) is 141 cm³/mol. The van der Waals surface area contributed by atoms with Gasteiger partial charge in [-0.25, -0.2) is 4.39 Å². The maximum absolute atomic E-state index is 14.0. The topological polar surface area (TPSA) is 84.6 Å². The first kappa shape index (κ1) is 26.4. The zero-order chi connectivity index (χ0) is 26.4. The van der Waals surface area contributed by atoms with Crippen molar-refractivity contribution in [2.75, 3.05) is 0 Å². The third kappa shape index (κ3) is 6.96. The maximum Gasteiger partial charge on any atom is 0.303 e. The molecule has 0 aliphatic carbocycles. The summed E-state index contributed by atoms with van der Waals surface area (Å²) in [6.07, 6.45) is 0.258. The highest BCUT2D eigenvalue weighted by atomic mass is 35.5. The summed E-state index contributed by atoms with van der Waals surface area (Å²) in [5.74, 6) is -0.691. The van der Waals surface area contributed by atoms with Gasteiger partial charge in [-0.05, 0) is 66.4 Å². The van der Waals surface area contributed by atoms with Gasteiger partial charge in [0.1, 0.15) is 18.2 Å². The number of nitrogens with zero attached hydrogens (tertiary/aromatic N) is 2. The monoisotopic (exact) mass is 522 g/mol. The van der Waals surface area contributed by atoms with Crippen molar-refractivity contribution in [2.45, 2.75) is 45.4 Å². The second-order valence-electron chi connectivity index (χ2n) is 8.81. The summed E-state index contributed by atoms with van der Waals surface area (Å²) in [6.45, 7) is 2.39. The lowest BCUT2D eigenvalue weighted by Crippen LogP contribution is -2.16. The molecule has 192 valence electrons. The van der Waals surface area contributed by atoms with Gasteiger partial charge in [-0.3, -0.25) is 9.48 Å². The van der Waals surface area contributed by atoms with E-state index in [4.69, 9.17) is 26.5 Å². The van der Waals surface area contributed by atoms with Gasteiger partial charge in [0.25, 0.3) is 0 Å². The van der Waals surface area contributed by atoms with Crippen LogP contribution in [0, 0.1) is 5.82 Å². The summed E-state index contributed by atoms with van der Waals surface area (Å²) in [5.41, 5.74) is 4.24. The zero-order valence-electron chi connectivity index (χ0n) is 20.4. The Morgan fingerprint density at radius 3 is 2.62 bits per heavy atom. The Bertz CT molecular complexity index is 1390. The molecule has 4 rings (SSSR count). The number of carbonyl (C=O) groups is 1. The van der Waals surface area contributed by atoms with E-state index in [1.54, 1.807) is 28.9 Å². The van der Waals surface area contributed by atoms with Crippen molar-refractivity contribution in [3.05, 3.63) is 94.8 Å². The van der Waals surface area contributed by atoms with Crippen molar-refractivity contribution in [1.29, 1.82) is 0 Å². The van der Waals surface area contributed by atoms with E-state index in [-0.39, 0.29) is 25.4 Å². The number of aliphatic hydroxyl groups is 1. The van der Waals surface area contributed by atoms with Gasteiger partial charge in [0.15, 0.2) is 0 Å². The van der Waals surface area contributed by atoms with Crippen LogP contribution in [-0.2, 0) is 24.4 Å². The fourth-order valence-electron chi connectivity index (χ4n) is 3.99. The molecule has 8 heteroatoms. The molecule has 0 aliphatic heterocycles. The number of ether oxygens (including phenoxy) is 1. The molecule has 1 aromatic heterocycles. The van der Waals surface area contributed by atoms with Gasteiger partial charge in [-0.15, -0.1) is 0 Å². The number of carboxylic acids is 1. The van der Waals surface area contributed by atoms with E-state index in [0.717, 1.165) is 11.1 Å². The Labute approximate surface area is 219 Å². The Kier molecular flexibility index (Phi) is 8.58. The molecular formula is C29H28ClFN2O4. The van der Waals surface area contributed by atoms with Crippen molar-refractivity contribution in [3.63, 3.8) is 0 Å². The number of benzene rings is 3. The number of rotatable bonds is 11. The Morgan fingerprint density at radius 2 is 1.89 bits per heavy atom. The lowest BCUT2D eigenvalue weighted by molar-refractivity contribution is -0.136. The molecule has 0 unspecified atom stereocenters. The summed E-state index contributed by atoms with van der Waals surface area (Å²) in [7, 11) is 0. The summed E-state index contributed by atoms with van der Waals surface area (Å²) >= 11 is 6.11. The normalized spacial score (nSPS) is 11.9. The second kappa shape index (κ2) is 12.0. The maximum atomic E-state index is 14.0. The smallest absolute Gasteiger partial charge is 0.303 e. The van der Waals surface area contributed by atoms with Crippen LogP contribution in [0.15, 0.2) is 72.8 Å². The first-order chi connectivity index (χ1) is 17.8. The number of aryl methyl sites for hydroxylation is 1. The minimum absolute atomic E-state index is 0.00612. The largest absolute Gasteiger partial charge is 0.488 e. The van der Waals surface area contributed by atoms with Crippen molar-refractivity contribution < 1.29 is 24.1 Å². The van der Waals surface area contributed by atoms with E-state index in [9.17, 15) is 14.3 Å². The molecule has 0 saturated carbocycles. The fourth-order valence-corrected chi connectivity index (χ4v) is 4.21. The third-order valence-electron chi connectivity index (χ3n) is 5.99. The fraction of sp³-hybridized carbons (Fsp3) is 0.241. The molecule has 0 aliphatic rings. The molecule has 3 aromatic carbocycles. The van der Waals surface area contributed by atoms with E-state index in [0.29, 0.717) is 46.1 Å². The molecule has 6 nitrogen and oxygen atoms in total. The Hall–Kier alpha value is -3.68. The average Bonchev–Trinajstić information content (AvgIpc) is 3.30. The van der Waals surface area contributed by atoms with Crippen LogP contribution in [0.2, 0.25) is 5.02 Å². The summed E-state index contributed by atoms with van der Waals surface area (Å²) in [5, 5.41) is 24.8. The van der Waals surface area contributed by atoms with Gasteiger partial charge in [0.2, 0.25) is 0 Å². The van der Waals surface area contributed by atoms with Crippen LogP contribution in [0.3, 0.4) is 0 Å². The lowest BCUT2D eigenvalue weighted by Gasteiger charge is -2.13. The van der Waals surface area contributed by atoms with Crippen molar-refractivity contribution in [3.8, 4) is 28.3 Å². The number of aromatic nitrogens is 2. The Morgan fingerprint density at radius 1 is 1.08 bits per heavy atom. The van der Waals surface area contributed by atoms with Gasteiger partial charge in [-0.1, -0.05) is 48.9 Å². The molecule has 1 heterocycles. The molecule has 37 heavy (non-hydrogen) atoms. The van der Waals surface area contributed by atoms with Gasteiger partial charge in [0.05, 0.1) is 24.0 Å². The molecule has 0 saturated heterocycles. The number of hydrogen-bond donors (Lipinski definition) is 2. The van der Waals surface area contributed by atoms with Crippen LogP contribution >= 0.6 is 11.6 Å². The van der Waals surface area contributed by atoms with E-state index in [1.165, 1.54) is 12.1 Å². The van der Waals surface area contributed by atoms with Crippen molar-refractivity contribution in [1.82, 2.24) is 9.78 Å². The second-order valence-corrected chi connectivity index (χ2v) is 9.25. The van der Waals surface area contributed by atoms with Crippen LogP contribution in [0.4, 0.5) is 4.39 Å². The SMILES string of the molecule is CC[C@H](O)Cn1nc(-c2cc(CCC(=O)O)ccc2OCc2cccc(Cl)c2)cc1-c1cccc(F)c1. The van der Waals surface area contributed by atoms with E-state index < -0.39 is 12.1 Å². The number of carboxylic acid groups (broad SMARTS) is 1. The third-order valence-corrected chi connectivity index (χ3v) is 6.22. The number of aliphatic hydroxyl groups excluding tert-OH is 1. The van der Waals surface area contributed by atoms with Crippen LogP contribution in [0.25, 0.3) is 22.5 Å². The van der Waals surface area contributed by atoms with Crippen LogP contribution < -0.4 is 4.74 Å². The highest BCUT2D eigenvalue weighted by molar-refractivity contribution is 6.30. The molecule has 0 radical (unpaired) electrons. The number of halogens is 2. The molecule has 0 spiro atoms. The van der Waals surface area contributed by atoms with Gasteiger partial charge in [-0.2, -0.15) is 5.10 Å². The first-order valence-corrected chi connectivity index (χ1v) is 12.4. The van der Waals surface area contributed by atoms with Crippen molar-refractivity contribution >= 4 is 17.6 Å². The minimum atomic E-state index is -0.881. The summed E-state index contributed by atoms with van der Waals surface area (Å²) in [4.78, 5) is 11.1. The number of hydrogen-bond acceptors (Lipinski definition) is 4. The minimum Gasteiger partial charge on any atom is -0.488 e. The molecule has 0 fully saturated rings. The van der Waals surface area contributed by atoms with Gasteiger partial charge < -0.3 is 14.9 Å². The average molecular weight is 523 g/mol. The molecule has 0 bridgehead atoms. The number of aliphatic carboxylic acids is 1. The van der Waals surface area contributed by atoms with Crippen molar-refractivity contribution in [2.24, 2.45) is 0 Å². The highest BCUT2D eigenvalue weighted by Gasteiger charge is 2.18. The molecule has 0 amide bonds. The summed E-state index contributed by atoms with van der Waals surface area (Å²) in [6, 6.07) is 20.9. The van der Waals surface area contributed by atoms with Gasteiger partial charge in [0, 0.05) is 22.6 Å². The summed E-state index contributed by atoms with van der Waals surface area (Å²) < 4.78 is 21.9. The molecule has 2 N–H and O–H groups in total. The lowest BCUT2D eigenvalue weighted by atomic mass is 10.0. The highest BCUT2D eigenvalue weighted by Crippen LogP contribution is 2.34. The quantitative estimate of drug-likeness (QED) is 0.239. The van der Waals surface area contributed by atoms with E-state index >= 15 is 0 Å². The molecular weight excluding hydrogens is 495 g/mol. The first-order valence-electron chi connectivity index (χ1n) is 12.1. The van der Waals surface area contributed by atoms with Crippen LogP contribution in [0.5, 0.6) is 5.75 Å². The van der Waals surface area contributed by atoms with E-state index in [2.05, 4.69) is 0 Å². The molecule has 1 atom stereocenters. The molecule has 4 aromatic rings. The van der Waals surface area contributed by atoms with Gasteiger partial charge >= 0.3 is 5.97 Å².